The van der Waals surface area contributed by atoms with E-state index in [4.69, 9.17) is 5.11 Å². The number of aromatic nitrogens is 3. The molecule has 3 N–H and O–H groups in total. The number of carbonyl (C=O) groups is 1. The normalized spacial score (nSPS) is 12.6. The van der Waals surface area contributed by atoms with Gasteiger partial charge in [-0.15, -0.1) is 0 Å². The molecular formula is C6H9N3O5. The molecule has 1 aromatic rings. The summed E-state index contributed by atoms with van der Waals surface area (Å²) in [6.07, 6.45) is 0. The van der Waals surface area contributed by atoms with E-state index >= 15 is 0 Å². The van der Waals surface area contributed by atoms with Crippen molar-refractivity contribution in [2.24, 2.45) is 0 Å². The number of nitrogens with one attached hydrogen (secondary N) is 2. The molecular weight excluding hydrogens is 194 g/mol. The Morgan fingerprint density at radius 2 is 2.00 bits per heavy atom. The second-order valence-electron chi connectivity index (χ2n) is 2.54. The number of aliphatic carboxylic acids is 1. The molecule has 1 heterocycles. The Balaban J connectivity index is 3.17. The lowest BCUT2D eigenvalue weighted by atomic mass is 10.3. The molecule has 0 amide bonds. The molecule has 0 fully saturated rings. The lowest BCUT2D eigenvalue weighted by Gasteiger charge is -2.09. The highest BCUT2D eigenvalue weighted by Gasteiger charge is 2.23. The van der Waals surface area contributed by atoms with E-state index in [-0.39, 0.29) is 6.61 Å². The number of hydrogen-bond donors (Lipinski definition) is 3. The number of aromatic amines is 2. The van der Waals surface area contributed by atoms with Crippen LogP contribution in [0.2, 0.25) is 0 Å². The van der Waals surface area contributed by atoms with Gasteiger partial charge in [-0.05, 0) is 0 Å². The summed E-state index contributed by atoms with van der Waals surface area (Å²) in [5.41, 5.74) is -1.61. The fourth-order valence-corrected chi connectivity index (χ4v) is 1.02. The standard InChI is InChI=1S/C6H9N3O5/c1-14-2-3(4(10)11)9-5(12)7-8-6(9)13/h3H,2H2,1H3,(H,7,12)(H,8,13)(H,10,11). The fourth-order valence-electron chi connectivity index (χ4n) is 1.02. The van der Waals surface area contributed by atoms with E-state index in [9.17, 15) is 14.4 Å². The van der Waals surface area contributed by atoms with Crippen molar-refractivity contribution in [3.8, 4) is 0 Å². The molecule has 0 aliphatic heterocycles. The number of hydrogen-bond acceptors (Lipinski definition) is 4. The average Bonchev–Trinajstić information content (AvgIpc) is 2.43. The summed E-state index contributed by atoms with van der Waals surface area (Å²) in [4.78, 5) is 32.7. The summed E-state index contributed by atoms with van der Waals surface area (Å²) in [6, 6.07) is -1.32. The molecule has 0 saturated carbocycles. The monoisotopic (exact) mass is 203 g/mol. The molecule has 0 radical (unpaired) electrons. The zero-order valence-electron chi connectivity index (χ0n) is 7.31. The number of H-pyrrole nitrogens is 2. The maximum atomic E-state index is 11.0. The smallest absolute Gasteiger partial charge is 0.345 e. The van der Waals surface area contributed by atoms with Crippen LogP contribution in [0.25, 0.3) is 0 Å². The Hall–Kier alpha value is -1.83. The molecule has 1 unspecified atom stereocenters. The molecule has 0 aliphatic rings. The van der Waals surface area contributed by atoms with E-state index < -0.39 is 23.4 Å². The summed E-state index contributed by atoms with van der Waals surface area (Å²) >= 11 is 0. The van der Waals surface area contributed by atoms with Crippen molar-refractivity contribution in [3.63, 3.8) is 0 Å². The predicted molar refractivity (Wildman–Crippen MR) is 44.2 cm³/mol. The van der Waals surface area contributed by atoms with Crippen LogP contribution in [0, 0.1) is 0 Å². The van der Waals surface area contributed by atoms with Crippen LogP contribution in [-0.2, 0) is 9.53 Å². The van der Waals surface area contributed by atoms with Crippen molar-refractivity contribution in [2.45, 2.75) is 6.04 Å². The van der Waals surface area contributed by atoms with Gasteiger partial charge in [-0.3, -0.25) is 0 Å². The van der Waals surface area contributed by atoms with E-state index in [0.29, 0.717) is 4.57 Å². The molecule has 8 nitrogen and oxygen atoms in total. The van der Waals surface area contributed by atoms with E-state index in [1.807, 2.05) is 10.2 Å². The highest BCUT2D eigenvalue weighted by atomic mass is 16.5. The molecule has 0 bridgehead atoms. The highest BCUT2D eigenvalue weighted by molar-refractivity contribution is 5.71. The van der Waals surface area contributed by atoms with Crippen LogP contribution < -0.4 is 11.4 Å². The van der Waals surface area contributed by atoms with Crippen LogP contribution in [0.5, 0.6) is 0 Å². The van der Waals surface area contributed by atoms with Crippen molar-refractivity contribution in [1.82, 2.24) is 14.8 Å². The van der Waals surface area contributed by atoms with Gasteiger partial charge in [0, 0.05) is 7.11 Å². The minimum atomic E-state index is -1.32. The summed E-state index contributed by atoms with van der Waals surface area (Å²) in [5.74, 6) is -1.31. The zero-order valence-corrected chi connectivity index (χ0v) is 7.31. The van der Waals surface area contributed by atoms with Gasteiger partial charge in [0.1, 0.15) is 0 Å². The van der Waals surface area contributed by atoms with Crippen molar-refractivity contribution in [1.29, 1.82) is 0 Å². The summed E-state index contributed by atoms with van der Waals surface area (Å²) in [7, 11) is 1.28. The SMILES string of the molecule is COCC(C(=O)O)n1c(=O)[nH][nH]c1=O. The third-order valence-electron chi connectivity index (χ3n) is 1.64. The molecule has 0 saturated heterocycles. The Kier molecular flexibility index (Phi) is 2.87. The first-order valence-corrected chi connectivity index (χ1v) is 3.69. The first-order chi connectivity index (χ1) is 6.57. The molecule has 14 heavy (non-hydrogen) atoms. The quantitative estimate of drug-likeness (QED) is 0.530. The van der Waals surface area contributed by atoms with Crippen LogP contribution >= 0.6 is 0 Å². The van der Waals surface area contributed by atoms with E-state index in [1.165, 1.54) is 7.11 Å². The lowest BCUT2D eigenvalue weighted by Crippen LogP contribution is -2.37. The third-order valence-corrected chi connectivity index (χ3v) is 1.64. The number of methoxy groups -OCH3 is 1. The van der Waals surface area contributed by atoms with Gasteiger partial charge >= 0.3 is 17.3 Å². The van der Waals surface area contributed by atoms with Gasteiger partial charge in [0.15, 0.2) is 6.04 Å². The van der Waals surface area contributed by atoms with Crippen LogP contribution in [-0.4, -0.2) is 39.6 Å². The second-order valence-corrected chi connectivity index (χ2v) is 2.54. The number of carboxylic acids is 1. The zero-order chi connectivity index (χ0) is 10.7. The van der Waals surface area contributed by atoms with Crippen molar-refractivity contribution in [3.05, 3.63) is 21.0 Å². The van der Waals surface area contributed by atoms with Crippen molar-refractivity contribution >= 4 is 5.97 Å². The fraction of sp³-hybridized carbons (Fsp3) is 0.500. The predicted octanol–water partition coefficient (Wildman–Crippen LogP) is -1.86. The molecule has 0 aliphatic carbocycles. The second kappa shape index (κ2) is 3.92. The first kappa shape index (κ1) is 10.3. The summed E-state index contributed by atoms with van der Waals surface area (Å²) < 4.78 is 5.14. The summed E-state index contributed by atoms with van der Waals surface area (Å²) in [5, 5.41) is 12.7. The highest BCUT2D eigenvalue weighted by Crippen LogP contribution is 1.99. The number of nitrogens with zero attached hydrogens (tertiary/aromatic N) is 1. The van der Waals surface area contributed by atoms with Gasteiger partial charge in [0.2, 0.25) is 0 Å². The van der Waals surface area contributed by atoms with Gasteiger partial charge < -0.3 is 9.84 Å². The van der Waals surface area contributed by atoms with Gasteiger partial charge in [-0.1, -0.05) is 0 Å². The lowest BCUT2D eigenvalue weighted by molar-refractivity contribution is -0.142. The molecule has 1 aromatic heterocycles. The van der Waals surface area contributed by atoms with E-state index in [1.54, 1.807) is 0 Å². The van der Waals surface area contributed by atoms with Crippen LogP contribution in [0.3, 0.4) is 0 Å². The van der Waals surface area contributed by atoms with Gasteiger partial charge in [-0.2, -0.15) is 0 Å². The Morgan fingerprint density at radius 1 is 1.50 bits per heavy atom. The largest absolute Gasteiger partial charge is 0.480 e. The molecule has 8 heteroatoms. The Bertz CT molecular complexity index is 400. The number of rotatable bonds is 4. The minimum absolute atomic E-state index is 0.254. The molecule has 0 spiro atoms. The Labute approximate surface area is 77.1 Å². The van der Waals surface area contributed by atoms with Crippen LogP contribution in [0.1, 0.15) is 6.04 Å². The third kappa shape index (κ3) is 1.74. The molecule has 1 atom stereocenters. The summed E-state index contributed by atoms with van der Waals surface area (Å²) in [6.45, 7) is -0.254. The maximum Gasteiger partial charge on any atom is 0.345 e. The van der Waals surface area contributed by atoms with Crippen LogP contribution in [0.15, 0.2) is 9.59 Å². The van der Waals surface area contributed by atoms with Crippen molar-refractivity contribution in [2.75, 3.05) is 13.7 Å². The Morgan fingerprint density at radius 3 is 2.36 bits per heavy atom. The van der Waals surface area contributed by atoms with E-state index in [2.05, 4.69) is 4.74 Å². The van der Waals surface area contributed by atoms with E-state index in [0.717, 1.165) is 0 Å². The van der Waals surface area contributed by atoms with Gasteiger partial charge in [0.05, 0.1) is 6.61 Å². The topological polar surface area (TPSA) is 117 Å². The molecule has 1 rings (SSSR count). The molecule has 0 aromatic carbocycles. The van der Waals surface area contributed by atoms with Gasteiger partial charge in [-0.25, -0.2) is 29.1 Å². The number of carboxylic acid groups (broad SMARTS) is 1. The average molecular weight is 203 g/mol. The molecule has 78 valence electrons. The maximum absolute atomic E-state index is 11.0. The first-order valence-electron chi connectivity index (χ1n) is 3.69. The van der Waals surface area contributed by atoms with Gasteiger partial charge in [0.25, 0.3) is 0 Å². The van der Waals surface area contributed by atoms with Crippen molar-refractivity contribution < 1.29 is 14.6 Å². The number of ether oxygens (including phenoxy) is 1. The minimum Gasteiger partial charge on any atom is -0.480 e. The van der Waals surface area contributed by atoms with Crippen LogP contribution in [0.4, 0.5) is 0 Å².